The highest BCUT2D eigenvalue weighted by Gasteiger charge is 2.15. The van der Waals surface area contributed by atoms with Crippen LogP contribution in [0.4, 0.5) is 0 Å². The molecule has 5 heteroatoms. The lowest BCUT2D eigenvalue weighted by Crippen LogP contribution is -2.39. The summed E-state index contributed by atoms with van der Waals surface area (Å²) in [6, 6.07) is 2.26. The van der Waals surface area contributed by atoms with Crippen LogP contribution in [-0.4, -0.2) is 28.5 Å². The molecule has 92 valence electrons. The molecule has 5 nitrogen and oxygen atoms in total. The Morgan fingerprint density at radius 3 is 2.71 bits per heavy atom. The van der Waals surface area contributed by atoms with Gasteiger partial charge in [-0.3, -0.25) is 4.79 Å². The van der Waals surface area contributed by atoms with Crippen LogP contribution in [0.5, 0.6) is 6.01 Å². The average Bonchev–Trinajstić information content (AvgIpc) is 2.39. The van der Waals surface area contributed by atoms with Gasteiger partial charge in [0.25, 0.3) is 5.91 Å². The van der Waals surface area contributed by atoms with Gasteiger partial charge in [0.05, 0.1) is 0 Å². The Balaban J connectivity index is 1.70. The minimum Gasteiger partial charge on any atom is -0.453 e. The number of aromatic nitrogens is 2. The second-order valence-electron chi connectivity index (χ2n) is 4.22. The number of hydrogen-bond donors (Lipinski definition) is 1. The smallest absolute Gasteiger partial charge is 0.316 e. The quantitative estimate of drug-likeness (QED) is 0.854. The van der Waals surface area contributed by atoms with Crippen molar-refractivity contribution in [3.05, 3.63) is 18.5 Å². The second-order valence-corrected chi connectivity index (χ2v) is 4.22. The maximum atomic E-state index is 11.6. The molecule has 1 fully saturated rings. The van der Waals surface area contributed by atoms with Crippen molar-refractivity contribution in [1.29, 1.82) is 0 Å². The van der Waals surface area contributed by atoms with E-state index < -0.39 is 0 Å². The minimum atomic E-state index is -0.0932. The van der Waals surface area contributed by atoms with Crippen LogP contribution in [0.15, 0.2) is 18.5 Å². The first-order valence-corrected chi connectivity index (χ1v) is 6.04. The summed E-state index contributed by atoms with van der Waals surface area (Å²) in [4.78, 5) is 19.4. The first-order chi connectivity index (χ1) is 8.34. The summed E-state index contributed by atoms with van der Waals surface area (Å²) < 4.78 is 5.18. The van der Waals surface area contributed by atoms with Gasteiger partial charge in [-0.1, -0.05) is 19.3 Å². The summed E-state index contributed by atoms with van der Waals surface area (Å²) in [6.07, 6.45) is 9.01. The Kier molecular flexibility index (Phi) is 4.30. The van der Waals surface area contributed by atoms with Crippen LogP contribution in [0.3, 0.4) is 0 Å². The van der Waals surface area contributed by atoms with E-state index in [1.165, 1.54) is 19.3 Å². The Labute approximate surface area is 101 Å². The molecule has 0 atom stereocenters. The van der Waals surface area contributed by atoms with E-state index in [4.69, 9.17) is 4.74 Å². The summed E-state index contributed by atoms with van der Waals surface area (Å²) >= 11 is 0. The first kappa shape index (κ1) is 11.8. The van der Waals surface area contributed by atoms with Crippen molar-refractivity contribution in [2.24, 2.45) is 0 Å². The molecular weight excluding hydrogens is 218 g/mol. The number of hydrogen-bond acceptors (Lipinski definition) is 4. The van der Waals surface area contributed by atoms with Crippen LogP contribution in [0.25, 0.3) is 0 Å². The van der Waals surface area contributed by atoms with Crippen LogP contribution in [0.1, 0.15) is 32.1 Å². The van der Waals surface area contributed by atoms with Gasteiger partial charge in [0.15, 0.2) is 6.61 Å². The summed E-state index contributed by atoms with van der Waals surface area (Å²) in [7, 11) is 0. The molecule has 1 aliphatic rings. The third-order valence-corrected chi connectivity index (χ3v) is 2.84. The van der Waals surface area contributed by atoms with Gasteiger partial charge in [-0.2, -0.15) is 0 Å². The molecule has 0 unspecified atom stereocenters. The van der Waals surface area contributed by atoms with Crippen LogP contribution < -0.4 is 10.1 Å². The fraction of sp³-hybridized carbons (Fsp3) is 0.583. The maximum absolute atomic E-state index is 11.6. The summed E-state index contributed by atoms with van der Waals surface area (Å²) in [6.45, 7) is -0.0134. The third kappa shape index (κ3) is 4.01. The predicted molar refractivity (Wildman–Crippen MR) is 62.5 cm³/mol. The van der Waals surface area contributed by atoms with Crippen LogP contribution in [0.2, 0.25) is 0 Å². The molecule has 1 saturated carbocycles. The molecular formula is C12H17N3O2. The zero-order chi connectivity index (χ0) is 11.9. The Morgan fingerprint density at radius 1 is 1.29 bits per heavy atom. The number of ether oxygens (including phenoxy) is 1. The molecule has 17 heavy (non-hydrogen) atoms. The molecule has 1 aromatic rings. The highest BCUT2D eigenvalue weighted by Crippen LogP contribution is 2.17. The zero-order valence-corrected chi connectivity index (χ0v) is 9.76. The molecule has 1 N–H and O–H groups in total. The van der Waals surface area contributed by atoms with Crippen molar-refractivity contribution in [1.82, 2.24) is 15.3 Å². The number of nitrogens with zero attached hydrogens (tertiary/aromatic N) is 2. The van der Waals surface area contributed by atoms with Crippen molar-refractivity contribution < 1.29 is 9.53 Å². The lowest BCUT2D eigenvalue weighted by Gasteiger charge is -2.22. The van der Waals surface area contributed by atoms with E-state index in [2.05, 4.69) is 15.3 Å². The van der Waals surface area contributed by atoms with Crippen molar-refractivity contribution in [2.45, 2.75) is 38.1 Å². The predicted octanol–water partition coefficient (Wildman–Crippen LogP) is 1.30. The van der Waals surface area contributed by atoms with Gasteiger partial charge in [0.2, 0.25) is 0 Å². The molecule has 1 amide bonds. The summed E-state index contributed by atoms with van der Waals surface area (Å²) in [5, 5.41) is 2.97. The van der Waals surface area contributed by atoms with Crippen LogP contribution in [0, 0.1) is 0 Å². The van der Waals surface area contributed by atoms with E-state index in [1.807, 2.05) is 0 Å². The normalized spacial score (nSPS) is 16.5. The highest BCUT2D eigenvalue weighted by atomic mass is 16.5. The molecule has 0 aromatic carbocycles. The van der Waals surface area contributed by atoms with E-state index in [0.717, 1.165) is 12.8 Å². The number of amides is 1. The van der Waals surface area contributed by atoms with E-state index >= 15 is 0 Å². The molecule has 0 radical (unpaired) electrons. The highest BCUT2D eigenvalue weighted by molar-refractivity contribution is 5.77. The zero-order valence-electron chi connectivity index (χ0n) is 9.76. The summed E-state index contributed by atoms with van der Waals surface area (Å²) in [5.74, 6) is -0.0932. The van der Waals surface area contributed by atoms with Gasteiger partial charge in [-0.15, -0.1) is 0 Å². The fourth-order valence-electron chi connectivity index (χ4n) is 2.01. The number of carbonyl (C=O) groups excluding carboxylic acids is 1. The Bertz CT molecular complexity index is 350. The molecule has 0 saturated heterocycles. The van der Waals surface area contributed by atoms with Gasteiger partial charge in [-0.05, 0) is 18.9 Å². The molecule has 1 aromatic heterocycles. The molecule has 0 aliphatic heterocycles. The molecule has 0 spiro atoms. The van der Waals surface area contributed by atoms with Crippen LogP contribution in [-0.2, 0) is 4.79 Å². The number of carbonyl (C=O) groups is 1. The number of nitrogens with one attached hydrogen (secondary N) is 1. The van der Waals surface area contributed by atoms with Gasteiger partial charge in [-0.25, -0.2) is 9.97 Å². The van der Waals surface area contributed by atoms with E-state index in [9.17, 15) is 4.79 Å². The maximum Gasteiger partial charge on any atom is 0.316 e. The second kappa shape index (κ2) is 6.18. The van der Waals surface area contributed by atoms with Gasteiger partial charge < -0.3 is 10.1 Å². The van der Waals surface area contributed by atoms with Crippen LogP contribution >= 0.6 is 0 Å². The van der Waals surface area contributed by atoms with Crippen molar-refractivity contribution >= 4 is 5.91 Å². The first-order valence-electron chi connectivity index (χ1n) is 6.04. The fourth-order valence-corrected chi connectivity index (χ4v) is 2.01. The number of rotatable bonds is 4. The minimum absolute atomic E-state index is 0.0134. The van der Waals surface area contributed by atoms with Gasteiger partial charge >= 0.3 is 6.01 Å². The molecule has 0 bridgehead atoms. The Hall–Kier alpha value is -1.65. The van der Waals surface area contributed by atoms with Gasteiger partial charge in [0, 0.05) is 18.4 Å². The van der Waals surface area contributed by atoms with E-state index in [0.29, 0.717) is 6.04 Å². The van der Waals surface area contributed by atoms with E-state index in [1.54, 1.807) is 18.5 Å². The van der Waals surface area contributed by atoms with E-state index in [-0.39, 0.29) is 18.5 Å². The third-order valence-electron chi connectivity index (χ3n) is 2.84. The van der Waals surface area contributed by atoms with Crippen molar-refractivity contribution in [3.8, 4) is 6.01 Å². The molecule has 2 rings (SSSR count). The SMILES string of the molecule is O=C(COc1ncccn1)NC1CCCCC1. The van der Waals surface area contributed by atoms with Crippen molar-refractivity contribution in [2.75, 3.05) is 6.61 Å². The monoisotopic (exact) mass is 235 g/mol. The average molecular weight is 235 g/mol. The molecule has 1 aliphatic carbocycles. The molecule has 1 heterocycles. The lowest BCUT2D eigenvalue weighted by molar-refractivity contribution is -0.124. The largest absolute Gasteiger partial charge is 0.453 e. The summed E-state index contributed by atoms with van der Waals surface area (Å²) in [5.41, 5.74) is 0. The van der Waals surface area contributed by atoms with Crippen molar-refractivity contribution in [3.63, 3.8) is 0 Å². The Morgan fingerprint density at radius 2 is 2.00 bits per heavy atom. The topological polar surface area (TPSA) is 64.1 Å². The lowest BCUT2D eigenvalue weighted by atomic mass is 9.95. The standard InChI is InChI=1S/C12H17N3O2/c16-11(15-10-5-2-1-3-6-10)9-17-12-13-7-4-8-14-12/h4,7-8,10H,1-3,5-6,9H2,(H,15,16). The van der Waals surface area contributed by atoms with Gasteiger partial charge in [0.1, 0.15) is 0 Å².